The van der Waals surface area contributed by atoms with Gasteiger partial charge in [0.2, 0.25) is 0 Å². The van der Waals surface area contributed by atoms with Crippen LogP contribution in [0.15, 0.2) is 48.5 Å². The second-order valence-electron chi connectivity index (χ2n) is 7.66. The van der Waals surface area contributed by atoms with Gasteiger partial charge in [-0.25, -0.2) is 0 Å². The van der Waals surface area contributed by atoms with Gasteiger partial charge in [-0.3, -0.25) is 9.69 Å². The number of halogens is 1. The molecule has 2 N–H and O–H groups in total. The fraction of sp³-hybridized carbons (Fsp3) is 0.435. The summed E-state index contributed by atoms with van der Waals surface area (Å²) in [5.74, 6) is -0.103. The van der Waals surface area contributed by atoms with Gasteiger partial charge in [-0.15, -0.1) is 0 Å². The molecule has 0 saturated carbocycles. The predicted octanol–water partition coefficient (Wildman–Crippen LogP) is 3.72. The van der Waals surface area contributed by atoms with Crippen molar-refractivity contribution in [3.05, 3.63) is 64.7 Å². The van der Waals surface area contributed by atoms with Crippen molar-refractivity contribution in [3.63, 3.8) is 0 Å². The number of hydrogen-bond acceptors (Lipinski definition) is 4. The van der Waals surface area contributed by atoms with Crippen LogP contribution in [0.25, 0.3) is 0 Å². The molecule has 5 nitrogen and oxygen atoms in total. The lowest BCUT2D eigenvalue weighted by Gasteiger charge is -2.34. The molecule has 1 amide bonds. The Kier molecular flexibility index (Phi) is 7.53. The van der Waals surface area contributed by atoms with Crippen LogP contribution >= 0.6 is 11.6 Å². The number of benzene rings is 2. The third-order valence-electron chi connectivity index (χ3n) is 5.46. The van der Waals surface area contributed by atoms with E-state index in [2.05, 4.69) is 27.2 Å². The van der Waals surface area contributed by atoms with Crippen molar-refractivity contribution >= 4 is 23.2 Å². The Morgan fingerprint density at radius 2 is 2.07 bits per heavy atom. The van der Waals surface area contributed by atoms with E-state index in [1.54, 1.807) is 6.07 Å². The monoisotopic (exact) mass is 415 g/mol. The van der Waals surface area contributed by atoms with Crippen molar-refractivity contribution < 1.29 is 9.90 Å². The number of β-amino-alcohol motifs (C(OH)–C–C–N with tert-alkyl or cyclic N) is 1. The summed E-state index contributed by atoms with van der Waals surface area (Å²) in [4.78, 5) is 16.7. The van der Waals surface area contributed by atoms with Crippen molar-refractivity contribution in [2.24, 2.45) is 0 Å². The first kappa shape index (κ1) is 21.6. The number of amides is 1. The summed E-state index contributed by atoms with van der Waals surface area (Å²) in [6.45, 7) is 5.06. The predicted molar refractivity (Wildman–Crippen MR) is 119 cm³/mol. The number of likely N-dealkylation sites (tertiary alicyclic amines) is 1. The Morgan fingerprint density at radius 3 is 2.69 bits per heavy atom. The van der Waals surface area contributed by atoms with Gasteiger partial charge >= 0.3 is 0 Å². The summed E-state index contributed by atoms with van der Waals surface area (Å²) < 4.78 is 0. The maximum atomic E-state index is 12.2. The van der Waals surface area contributed by atoms with E-state index < -0.39 is 0 Å². The molecule has 2 atom stereocenters. The zero-order valence-electron chi connectivity index (χ0n) is 17.1. The summed E-state index contributed by atoms with van der Waals surface area (Å²) >= 11 is 6.60. The number of nitrogens with zero attached hydrogens (tertiary/aromatic N) is 2. The molecular formula is C23H30ClN3O2. The third-order valence-corrected chi connectivity index (χ3v) is 5.76. The Bertz CT molecular complexity index is 815. The molecule has 1 fully saturated rings. The van der Waals surface area contributed by atoms with Crippen molar-refractivity contribution in [2.75, 3.05) is 38.1 Å². The lowest BCUT2D eigenvalue weighted by molar-refractivity contribution is 0.0953. The highest BCUT2D eigenvalue weighted by atomic mass is 35.5. The van der Waals surface area contributed by atoms with Crippen LogP contribution in [0.5, 0.6) is 0 Å². The number of aliphatic hydroxyl groups excluding tert-OH is 1. The molecule has 29 heavy (non-hydrogen) atoms. The van der Waals surface area contributed by atoms with E-state index in [1.807, 2.05) is 44.3 Å². The van der Waals surface area contributed by atoms with Gasteiger partial charge in [0, 0.05) is 38.8 Å². The van der Waals surface area contributed by atoms with Crippen LogP contribution in [0.1, 0.15) is 41.7 Å². The third kappa shape index (κ3) is 5.50. The minimum atomic E-state index is -0.249. The van der Waals surface area contributed by atoms with E-state index in [0.717, 1.165) is 31.6 Å². The fourth-order valence-corrected chi connectivity index (χ4v) is 4.11. The number of carbonyl (C=O) groups excluding carboxylic acids is 1. The molecule has 0 radical (unpaired) electrons. The molecule has 1 aliphatic rings. The zero-order chi connectivity index (χ0) is 20.8. The van der Waals surface area contributed by atoms with Gasteiger partial charge in [0.15, 0.2) is 0 Å². The minimum absolute atomic E-state index is 0.0822. The first-order chi connectivity index (χ1) is 14.0. The van der Waals surface area contributed by atoms with Crippen LogP contribution in [0.3, 0.4) is 0 Å². The molecular weight excluding hydrogens is 386 g/mol. The van der Waals surface area contributed by atoms with E-state index in [1.165, 1.54) is 5.56 Å². The number of aliphatic hydroxyl groups is 1. The molecule has 0 unspecified atom stereocenters. The van der Waals surface area contributed by atoms with Crippen LogP contribution in [-0.2, 0) is 0 Å². The second-order valence-corrected chi connectivity index (χ2v) is 8.07. The highest BCUT2D eigenvalue weighted by molar-refractivity contribution is 6.33. The molecule has 2 aromatic rings. The van der Waals surface area contributed by atoms with Gasteiger partial charge in [0.1, 0.15) is 0 Å². The van der Waals surface area contributed by atoms with Gasteiger partial charge in [-0.1, -0.05) is 48.9 Å². The Labute approximate surface area is 178 Å². The number of nitrogens with one attached hydrogen (secondary N) is 1. The van der Waals surface area contributed by atoms with E-state index in [4.69, 9.17) is 11.6 Å². The summed E-state index contributed by atoms with van der Waals surface area (Å²) in [6, 6.07) is 15.9. The molecule has 3 rings (SSSR count). The Hall–Kier alpha value is -2.08. The standard InChI is InChI=1S/C23H30ClN3O2/c1-3-12-25-23(29)18-9-10-21(20(24)14-18)26(2)22(17-7-5-4-6-8-17)16-27-13-11-19(28)15-27/h4-10,14,19,22,28H,3,11-13,15-16H2,1-2H3,(H,25,29)/t19-,22+/m0/s1. The van der Waals surface area contributed by atoms with Crippen LogP contribution < -0.4 is 10.2 Å². The van der Waals surface area contributed by atoms with Gasteiger partial charge < -0.3 is 15.3 Å². The summed E-state index contributed by atoms with van der Waals surface area (Å²) in [5, 5.41) is 13.4. The maximum absolute atomic E-state index is 12.2. The van der Waals surface area contributed by atoms with E-state index in [9.17, 15) is 9.90 Å². The molecule has 0 aromatic heterocycles. The quantitative estimate of drug-likeness (QED) is 0.689. The van der Waals surface area contributed by atoms with Gasteiger partial charge in [-0.05, 0) is 36.6 Å². The normalized spacial score (nSPS) is 17.9. The molecule has 0 aliphatic carbocycles. The van der Waals surface area contributed by atoms with E-state index >= 15 is 0 Å². The molecule has 1 heterocycles. The molecule has 0 bridgehead atoms. The molecule has 156 valence electrons. The first-order valence-corrected chi connectivity index (χ1v) is 10.6. The van der Waals surface area contributed by atoms with Crippen molar-refractivity contribution in [1.82, 2.24) is 10.2 Å². The highest BCUT2D eigenvalue weighted by Crippen LogP contribution is 2.33. The molecule has 6 heteroatoms. The minimum Gasteiger partial charge on any atom is -0.392 e. The lowest BCUT2D eigenvalue weighted by Crippen LogP contribution is -2.36. The van der Waals surface area contributed by atoms with Crippen LogP contribution in [0, 0.1) is 0 Å². The van der Waals surface area contributed by atoms with E-state index in [-0.39, 0.29) is 18.1 Å². The van der Waals surface area contributed by atoms with Crippen LogP contribution in [0.2, 0.25) is 5.02 Å². The molecule has 2 aromatic carbocycles. The highest BCUT2D eigenvalue weighted by Gasteiger charge is 2.27. The number of rotatable bonds is 8. The first-order valence-electron chi connectivity index (χ1n) is 10.3. The number of carbonyl (C=O) groups is 1. The smallest absolute Gasteiger partial charge is 0.251 e. The maximum Gasteiger partial charge on any atom is 0.251 e. The second kappa shape index (κ2) is 10.1. The van der Waals surface area contributed by atoms with Crippen molar-refractivity contribution in [1.29, 1.82) is 0 Å². The number of hydrogen-bond donors (Lipinski definition) is 2. The fourth-order valence-electron chi connectivity index (χ4n) is 3.79. The lowest BCUT2D eigenvalue weighted by atomic mass is 10.0. The summed E-state index contributed by atoms with van der Waals surface area (Å²) in [5.41, 5.74) is 2.64. The summed E-state index contributed by atoms with van der Waals surface area (Å²) in [7, 11) is 2.03. The number of anilines is 1. The molecule has 1 saturated heterocycles. The largest absolute Gasteiger partial charge is 0.392 e. The van der Waals surface area contributed by atoms with Crippen molar-refractivity contribution in [3.8, 4) is 0 Å². The van der Waals surface area contributed by atoms with Crippen molar-refractivity contribution in [2.45, 2.75) is 31.9 Å². The summed E-state index contributed by atoms with van der Waals surface area (Å²) in [6.07, 6.45) is 1.46. The van der Waals surface area contributed by atoms with Crippen LogP contribution in [0.4, 0.5) is 5.69 Å². The Morgan fingerprint density at radius 1 is 1.31 bits per heavy atom. The average molecular weight is 416 g/mol. The van der Waals surface area contributed by atoms with Gasteiger partial charge in [-0.2, -0.15) is 0 Å². The SMILES string of the molecule is CCCNC(=O)c1ccc(N(C)[C@H](CN2CC[C@H](O)C2)c2ccccc2)c(Cl)c1. The molecule has 0 spiro atoms. The average Bonchev–Trinajstić information content (AvgIpc) is 3.15. The van der Waals surface area contributed by atoms with Gasteiger partial charge in [0.25, 0.3) is 5.91 Å². The molecule has 1 aliphatic heterocycles. The Balaban J connectivity index is 1.83. The van der Waals surface area contributed by atoms with E-state index in [0.29, 0.717) is 23.7 Å². The zero-order valence-corrected chi connectivity index (χ0v) is 17.9. The topological polar surface area (TPSA) is 55.8 Å². The number of likely N-dealkylation sites (N-methyl/N-ethyl adjacent to an activating group) is 1. The van der Waals surface area contributed by atoms with Gasteiger partial charge in [0.05, 0.1) is 22.9 Å². The van der Waals surface area contributed by atoms with Crippen LogP contribution in [-0.4, -0.2) is 55.2 Å².